The Morgan fingerprint density at radius 2 is 2.25 bits per heavy atom. The lowest BCUT2D eigenvalue weighted by atomic mass is 10.2. The van der Waals surface area contributed by atoms with Crippen molar-refractivity contribution in [3.8, 4) is 0 Å². The van der Waals surface area contributed by atoms with E-state index in [1.54, 1.807) is 0 Å². The van der Waals surface area contributed by atoms with Crippen LogP contribution in [0.25, 0.3) is 0 Å². The predicted octanol–water partition coefficient (Wildman–Crippen LogP) is 0.544. The summed E-state index contributed by atoms with van der Waals surface area (Å²) in [6, 6.07) is 0.292. The van der Waals surface area contributed by atoms with Crippen LogP contribution in [0.1, 0.15) is 13.3 Å². The van der Waals surface area contributed by atoms with E-state index in [4.69, 9.17) is 10.5 Å². The minimum absolute atomic E-state index is 0. The zero-order valence-corrected chi connectivity index (χ0v) is 5.78. The van der Waals surface area contributed by atoms with Crippen molar-refractivity contribution >= 4 is 12.4 Å². The molecule has 0 amide bonds. The predicted molar refractivity (Wildman–Crippen MR) is 35.3 cm³/mol. The van der Waals surface area contributed by atoms with Crippen molar-refractivity contribution in [2.24, 2.45) is 5.73 Å². The standard InChI is InChI=1S/C5H11NO.ClH/c1-4-5(6)2-3-7-4;/h4-5H,2-3,6H2,1H3;1H/t4-,5+;/m0./s1. The molecule has 0 unspecified atom stereocenters. The van der Waals surface area contributed by atoms with Gasteiger partial charge in [0, 0.05) is 12.6 Å². The highest BCUT2D eigenvalue weighted by molar-refractivity contribution is 5.85. The molecule has 2 atom stereocenters. The van der Waals surface area contributed by atoms with Crippen LogP contribution in [0.15, 0.2) is 0 Å². The van der Waals surface area contributed by atoms with E-state index in [0.29, 0.717) is 12.1 Å². The van der Waals surface area contributed by atoms with Crippen molar-refractivity contribution in [2.75, 3.05) is 6.61 Å². The summed E-state index contributed by atoms with van der Waals surface area (Å²) in [5.41, 5.74) is 5.55. The average molecular weight is 138 g/mol. The Morgan fingerprint density at radius 3 is 2.38 bits per heavy atom. The van der Waals surface area contributed by atoms with E-state index < -0.39 is 0 Å². The zero-order chi connectivity index (χ0) is 5.28. The quantitative estimate of drug-likeness (QED) is 0.529. The number of nitrogens with two attached hydrogens (primary N) is 1. The summed E-state index contributed by atoms with van der Waals surface area (Å²) >= 11 is 0. The van der Waals surface area contributed by atoms with E-state index in [0.717, 1.165) is 13.0 Å². The van der Waals surface area contributed by atoms with Gasteiger partial charge in [0.2, 0.25) is 0 Å². The first kappa shape index (κ1) is 8.21. The largest absolute Gasteiger partial charge is 0.377 e. The van der Waals surface area contributed by atoms with Gasteiger partial charge in [0.1, 0.15) is 0 Å². The van der Waals surface area contributed by atoms with Crippen molar-refractivity contribution in [2.45, 2.75) is 25.5 Å². The molecular formula is C5H12ClNO. The zero-order valence-electron chi connectivity index (χ0n) is 4.96. The molecule has 1 rings (SSSR count). The van der Waals surface area contributed by atoms with Crippen molar-refractivity contribution in [1.29, 1.82) is 0 Å². The van der Waals surface area contributed by atoms with Gasteiger partial charge in [0.15, 0.2) is 0 Å². The Balaban J connectivity index is 0.000000490. The minimum atomic E-state index is 0. The third kappa shape index (κ3) is 1.62. The van der Waals surface area contributed by atoms with Gasteiger partial charge in [-0.15, -0.1) is 12.4 Å². The van der Waals surface area contributed by atoms with E-state index in [9.17, 15) is 0 Å². The van der Waals surface area contributed by atoms with Crippen LogP contribution in [0.5, 0.6) is 0 Å². The molecule has 0 aliphatic carbocycles. The summed E-state index contributed by atoms with van der Waals surface area (Å²) in [6.45, 7) is 2.86. The second-order valence-corrected chi connectivity index (χ2v) is 2.03. The van der Waals surface area contributed by atoms with Crippen LogP contribution in [-0.2, 0) is 4.74 Å². The maximum atomic E-state index is 5.55. The fourth-order valence-electron chi connectivity index (χ4n) is 0.748. The molecule has 0 bridgehead atoms. The lowest BCUT2D eigenvalue weighted by molar-refractivity contribution is 0.119. The first-order chi connectivity index (χ1) is 3.30. The molecule has 1 aliphatic heterocycles. The Kier molecular flexibility index (Phi) is 3.36. The first-order valence-electron chi connectivity index (χ1n) is 2.68. The molecule has 8 heavy (non-hydrogen) atoms. The molecule has 0 aromatic rings. The lowest BCUT2D eigenvalue weighted by Gasteiger charge is -2.04. The highest BCUT2D eigenvalue weighted by Gasteiger charge is 2.18. The second-order valence-electron chi connectivity index (χ2n) is 2.03. The summed E-state index contributed by atoms with van der Waals surface area (Å²) < 4.78 is 5.14. The van der Waals surface area contributed by atoms with E-state index in [2.05, 4.69) is 0 Å². The van der Waals surface area contributed by atoms with Gasteiger partial charge in [-0.2, -0.15) is 0 Å². The lowest BCUT2D eigenvalue weighted by Crippen LogP contribution is -2.26. The highest BCUT2D eigenvalue weighted by atomic mass is 35.5. The summed E-state index contributed by atoms with van der Waals surface area (Å²) in [5.74, 6) is 0. The van der Waals surface area contributed by atoms with Gasteiger partial charge in [0.25, 0.3) is 0 Å². The number of hydrogen-bond acceptors (Lipinski definition) is 2. The monoisotopic (exact) mass is 137 g/mol. The van der Waals surface area contributed by atoms with Crippen molar-refractivity contribution in [3.63, 3.8) is 0 Å². The molecule has 0 aromatic carbocycles. The fourth-order valence-corrected chi connectivity index (χ4v) is 0.748. The van der Waals surface area contributed by atoms with Crippen LogP contribution in [-0.4, -0.2) is 18.8 Å². The molecule has 2 nitrogen and oxygen atoms in total. The second kappa shape index (κ2) is 3.28. The van der Waals surface area contributed by atoms with Crippen LogP contribution in [0.4, 0.5) is 0 Å². The molecule has 0 saturated carbocycles. The molecule has 1 aliphatic rings. The number of halogens is 1. The molecule has 0 radical (unpaired) electrons. The summed E-state index contributed by atoms with van der Waals surface area (Å²) in [6.07, 6.45) is 1.32. The third-order valence-electron chi connectivity index (χ3n) is 1.43. The van der Waals surface area contributed by atoms with Gasteiger partial charge in [-0.05, 0) is 13.3 Å². The normalized spacial score (nSPS) is 36.8. The SMILES string of the molecule is C[C@@H]1OCC[C@H]1N.Cl. The maximum absolute atomic E-state index is 5.55. The summed E-state index contributed by atoms with van der Waals surface area (Å²) in [5, 5.41) is 0. The van der Waals surface area contributed by atoms with Crippen molar-refractivity contribution < 1.29 is 4.74 Å². The molecular weight excluding hydrogens is 126 g/mol. The molecule has 1 saturated heterocycles. The molecule has 1 heterocycles. The molecule has 3 heteroatoms. The Bertz CT molecular complexity index is 61.4. The fraction of sp³-hybridized carbons (Fsp3) is 1.00. The van der Waals surface area contributed by atoms with Gasteiger partial charge in [-0.25, -0.2) is 0 Å². The molecule has 1 fully saturated rings. The van der Waals surface area contributed by atoms with Gasteiger partial charge < -0.3 is 10.5 Å². The van der Waals surface area contributed by atoms with Crippen molar-refractivity contribution in [3.05, 3.63) is 0 Å². The van der Waals surface area contributed by atoms with Gasteiger partial charge in [0.05, 0.1) is 6.10 Å². The average Bonchev–Trinajstić information content (AvgIpc) is 1.91. The number of hydrogen-bond donors (Lipinski definition) is 1. The van der Waals surface area contributed by atoms with Crippen LogP contribution >= 0.6 is 12.4 Å². The number of ether oxygens (including phenoxy) is 1. The first-order valence-corrected chi connectivity index (χ1v) is 2.68. The van der Waals surface area contributed by atoms with Crippen LogP contribution in [0.2, 0.25) is 0 Å². The van der Waals surface area contributed by atoms with Gasteiger partial charge >= 0.3 is 0 Å². The minimum Gasteiger partial charge on any atom is -0.377 e. The van der Waals surface area contributed by atoms with Crippen LogP contribution < -0.4 is 5.73 Å². The maximum Gasteiger partial charge on any atom is 0.0698 e. The molecule has 0 spiro atoms. The molecule has 0 aromatic heterocycles. The number of rotatable bonds is 0. The Hall–Kier alpha value is 0.210. The van der Waals surface area contributed by atoms with E-state index in [1.807, 2.05) is 6.92 Å². The highest BCUT2D eigenvalue weighted by Crippen LogP contribution is 2.08. The van der Waals surface area contributed by atoms with Gasteiger partial charge in [-0.3, -0.25) is 0 Å². The van der Waals surface area contributed by atoms with Crippen molar-refractivity contribution in [1.82, 2.24) is 0 Å². The summed E-state index contributed by atoms with van der Waals surface area (Å²) in [7, 11) is 0. The Morgan fingerprint density at radius 1 is 1.62 bits per heavy atom. The smallest absolute Gasteiger partial charge is 0.0698 e. The summed E-state index contributed by atoms with van der Waals surface area (Å²) in [4.78, 5) is 0. The molecule has 50 valence electrons. The molecule has 2 N–H and O–H groups in total. The van der Waals surface area contributed by atoms with Crippen LogP contribution in [0.3, 0.4) is 0 Å². The topological polar surface area (TPSA) is 35.2 Å². The van der Waals surface area contributed by atoms with E-state index in [1.165, 1.54) is 0 Å². The van der Waals surface area contributed by atoms with Gasteiger partial charge in [-0.1, -0.05) is 0 Å². The van der Waals surface area contributed by atoms with Crippen LogP contribution in [0, 0.1) is 0 Å². The van der Waals surface area contributed by atoms with E-state index in [-0.39, 0.29) is 12.4 Å². The third-order valence-corrected chi connectivity index (χ3v) is 1.43. The Labute approximate surface area is 55.8 Å². The van der Waals surface area contributed by atoms with E-state index >= 15 is 0 Å².